The van der Waals surface area contributed by atoms with E-state index in [0.717, 1.165) is 5.46 Å². The van der Waals surface area contributed by atoms with E-state index in [1.165, 1.54) is 21.9 Å². The molecule has 2 nitrogen and oxygen atoms in total. The maximum absolute atomic E-state index is 6.18. The third-order valence-corrected chi connectivity index (χ3v) is 4.91. The Morgan fingerprint density at radius 1 is 0.731 bits per heavy atom. The molecule has 0 amide bonds. The van der Waals surface area contributed by atoms with Crippen molar-refractivity contribution in [1.82, 2.24) is 0 Å². The van der Waals surface area contributed by atoms with Crippen LogP contribution in [0.5, 0.6) is 0 Å². The van der Waals surface area contributed by atoms with Crippen LogP contribution in [0.2, 0.25) is 0 Å². The molecule has 0 radical (unpaired) electrons. The number of hydrogen-bond donors (Lipinski definition) is 0. The van der Waals surface area contributed by atoms with Gasteiger partial charge in [-0.25, -0.2) is 18.2 Å². The second kappa shape index (κ2) is 7.26. The summed E-state index contributed by atoms with van der Waals surface area (Å²) in [6, 6.07) is 31.0. The molecule has 1 saturated heterocycles. The van der Waals surface area contributed by atoms with E-state index in [4.69, 9.17) is 9.31 Å². The van der Waals surface area contributed by atoms with E-state index in [-0.39, 0.29) is 36.4 Å². The van der Waals surface area contributed by atoms with Gasteiger partial charge in [0.25, 0.3) is 0 Å². The zero-order valence-electron chi connectivity index (χ0n) is 14.1. The largest absolute Gasteiger partial charge is 0.408 e. The fourth-order valence-corrected chi connectivity index (χ4v) is 3.81. The molecule has 6 rings (SSSR count). The number of benzene rings is 2. The molecule has 130 valence electrons. The first kappa shape index (κ1) is 17.3. The van der Waals surface area contributed by atoms with Gasteiger partial charge in [-0.2, -0.15) is 41.9 Å². The van der Waals surface area contributed by atoms with E-state index in [0.29, 0.717) is 0 Å². The Hall–Kier alpha value is -2.10. The van der Waals surface area contributed by atoms with Crippen LogP contribution in [0.4, 0.5) is 0 Å². The molecule has 2 aliphatic rings. The standard InChI is InChI=1S/C17H12BO2.C5H5.Fe/c1-2-8-12(7-1)18-19-16-13-9-3-5-11-6-4-10-14(15(11)13)17(16)20-18;1-2-4-5-3-1;/h1-10,16-17H;1-5H;/q2*-1;/t16-,17+;;. The van der Waals surface area contributed by atoms with Crippen LogP contribution in [0.1, 0.15) is 23.3 Å². The van der Waals surface area contributed by atoms with Crippen molar-refractivity contribution in [3.63, 3.8) is 0 Å². The maximum atomic E-state index is 6.18. The summed E-state index contributed by atoms with van der Waals surface area (Å²) in [6.45, 7) is 0. The SMILES string of the molecule is [Fe].c1cc2c3c(cccc3c1)[C@@H]1OB(c3cc[cH-]c3)O[C@H]21.c1cc[cH-]c1. The average Bonchev–Trinajstić information content (AvgIpc) is 3.44. The van der Waals surface area contributed by atoms with Crippen molar-refractivity contribution >= 4 is 23.4 Å². The first-order valence-corrected chi connectivity index (χ1v) is 8.62. The van der Waals surface area contributed by atoms with Gasteiger partial charge in [0, 0.05) is 17.1 Å². The van der Waals surface area contributed by atoms with E-state index in [2.05, 4.69) is 48.5 Å². The van der Waals surface area contributed by atoms with Crippen LogP contribution in [0.3, 0.4) is 0 Å². The van der Waals surface area contributed by atoms with Gasteiger partial charge in [0.1, 0.15) is 0 Å². The van der Waals surface area contributed by atoms with Gasteiger partial charge in [0.2, 0.25) is 0 Å². The fourth-order valence-electron chi connectivity index (χ4n) is 3.81. The normalized spacial score (nSPS) is 19.6. The minimum Gasteiger partial charge on any atom is -0.408 e. The van der Waals surface area contributed by atoms with Crippen molar-refractivity contribution in [2.45, 2.75) is 12.2 Å². The second-order valence-corrected chi connectivity index (χ2v) is 6.42. The first-order chi connectivity index (χ1) is 12.4. The maximum Gasteiger partial charge on any atom is 0.407 e. The van der Waals surface area contributed by atoms with Gasteiger partial charge in [0.15, 0.2) is 0 Å². The molecular formula is C22H17BFeO2-2. The Morgan fingerprint density at radius 3 is 1.88 bits per heavy atom. The van der Waals surface area contributed by atoms with Crippen molar-refractivity contribution in [3.8, 4) is 0 Å². The first-order valence-electron chi connectivity index (χ1n) is 8.62. The van der Waals surface area contributed by atoms with E-state index >= 15 is 0 Å². The zero-order valence-corrected chi connectivity index (χ0v) is 15.2. The van der Waals surface area contributed by atoms with E-state index in [9.17, 15) is 0 Å². The Labute approximate surface area is 164 Å². The summed E-state index contributed by atoms with van der Waals surface area (Å²) in [5, 5.41) is 2.58. The molecule has 1 aliphatic carbocycles. The molecule has 1 aliphatic heterocycles. The van der Waals surface area contributed by atoms with Crippen LogP contribution in [0, 0.1) is 0 Å². The molecule has 26 heavy (non-hydrogen) atoms. The third kappa shape index (κ3) is 2.85. The minimum atomic E-state index is -0.247. The van der Waals surface area contributed by atoms with Gasteiger partial charge in [-0.05, 0) is 21.9 Å². The molecule has 4 aromatic rings. The van der Waals surface area contributed by atoms with Crippen molar-refractivity contribution < 1.29 is 26.4 Å². The molecule has 4 aromatic carbocycles. The molecule has 0 bridgehead atoms. The van der Waals surface area contributed by atoms with E-state index in [1.807, 2.05) is 42.5 Å². The zero-order chi connectivity index (χ0) is 16.6. The fraction of sp³-hybridized carbons (Fsp3) is 0.0909. The predicted molar refractivity (Wildman–Crippen MR) is 101 cm³/mol. The smallest absolute Gasteiger partial charge is 0.407 e. The minimum absolute atomic E-state index is 0. The Kier molecular flexibility index (Phi) is 4.84. The van der Waals surface area contributed by atoms with Crippen LogP contribution < -0.4 is 5.46 Å². The quantitative estimate of drug-likeness (QED) is 0.358. The van der Waals surface area contributed by atoms with Crippen molar-refractivity contribution in [2.24, 2.45) is 0 Å². The van der Waals surface area contributed by atoms with Crippen LogP contribution in [-0.2, 0) is 26.4 Å². The van der Waals surface area contributed by atoms with Crippen LogP contribution in [-0.4, -0.2) is 7.12 Å². The molecule has 2 atom stereocenters. The molecule has 0 saturated carbocycles. The Bertz CT molecular complexity index is 915. The average molecular weight is 380 g/mol. The number of rotatable bonds is 1. The summed E-state index contributed by atoms with van der Waals surface area (Å²) in [7, 11) is -0.247. The van der Waals surface area contributed by atoms with E-state index < -0.39 is 0 Å². The molecule has 4 heteroatoms. The van der Waals surface area contributed by atoms with Gasteiger partial charge in [0.05, 0.1) is 12.2 Å². The summed E-state index contributed by atoms with van der Waals surface area (Å²) in [4.78, 5) is 0. The second-order valence-electron chi connectivity index (χ2n) is 6.42. The van der Waals surface area contributed by atoms with Gasteiger partial charge >= 0.3 is 7.12 Å². The van der Waals surface area contributed by atoms with Crippen molar-refractivity contribution in [3.05, 3.63) is 102 Å². The van der Waals surface area contributed by atoms with E-state index in [1.54, 1.807) is 0 Å². The summed E-state index contributed by atoms with van der Waals surface area (Å²) in [5.74, 6) is 0. The van der Waals surface area contributed by atoms with Gasteiger partial charge in [-0.1, -0.05) is 36.4 Å². The summed E-state index contributed by atoms with van der Waals surface area (Å²) >= 11 is 0. The number of fused-ring (bicyclic) bond motifs is 3. The van der Waals surface area contributed by atoms with Crippen LogP contribution >= 0.6 is 0 Å². The third-order valence-electron chi connectivity index (χ3n) is 4.91. The molecule has 0 aromatic heterocycles. The Morgan fingerprint density at radius 2 is 1.38 bits per heavy atom. The Balaban J connectivity index is 0.000000246. The molecule has 0 spiro atoms. The predicted octanol–water partition coefficient (Wildman–Crippen LogP) is 4.50. The van der Waals surface area contributed by atoms with Gasteiger partial charge < -0.3 is 9.31 Å². The monoisotopic (exact) mass is 380 g/mol. The van der Waals surface area contributed by atoms with Gasteiger partial charge in [-0.15, -0.1) is 0 Å². The summed E-state index contributed by atoms with van der Waals surface area (Å²) < 4.78 is 12.4. The van der Waals surface area contributed by atoms with Gasteiger partial charge in [-0.3, -0.25) is 0 Å². The molecule has 1 heterocycles. The number of hydrogen-bond acceptors (Lipinski definition) is 2. The van der Waals surface area contributed by atoms with Crippen LogP contribution in [0.25, 0.3) is 10.8 Å². The molecule has 1 fully saturated rings. The van der Waals surface area contributed by atoms with Crippen molar-refractivity contribution in [1.29, 1.82) is 0 Å². The van der Waals surface area contributed by atoms with Crippen LogP contribution in [0.15, 0.2) is 91.0 Å². The summed E-state index contributed by atoms with van der Waals surface area (Å²) in [6.07, 6.45) is 0.0481. The van der Waals surface area contributed by atoms with Crippen molar-refractivity contribution in [2.75, 3.05) is 0 Å². The molecule has 0 unspecified atom stereocenters. The summed E-state index contributed by atoms with van der Waals surface area (Å²) in [5.41, 5.74) is 3.62. The topological polar surface area (TPSA) is 18.5 Å². The molecular weight excluding hydrogens is 363 g/mol. The molecule has 0 N–H and O–H groups in total.